The van der Waals surface area contributed by atoms with E-state index in [4.69, 9.17) is 4.74 Å². The minimum atomic E-state index is -0.314. The minimum Gasteiger partial charge on any atom is -0.473 e. The summed E-state index contributed by atoms with van der Waals surface area (Å²) in [5.74, 6) is 0.487. The summed E-state index contributed by atoms with van der Waals surface area (Å²) >= 11 is 1.52. The zero-order chi connectivity index (χ0) is 18.8. The van der Waals surface area contributed by atoms with Crippen LogP contribution in [0.5, 0.6) is 5.88 Å². The van der Waals surface area contributed by atoms with Gasteiger partial charge in [0.25, 0.3) is 0 Å². The Kier molecular flexibility index (Phi) is 4.51. The SMILES string of the molecule is Cc1cccc(-n2nnn(C)c2=O)c1COc1cccc(-c2cscn2)n1. The first-order valence-electron chi connectivity index (χ1n) is 8.20. The Balaban J connectivity index is 1.63. The Hall–Kier alpha value is -3.33. The molecule has 0 unspecified atom stereocenters. The average Bonchev–Trinajstić information content (AvgIpc) is 3.32. The number of tetrazole rings is 1. The molecular formula is C18H16N6O2S. The van der Waals surface area contributed by atoms with Gasteiger partial charge >= 0.3 is 5.69 Å². The molecule has 0 saturated carbocycles. The normalized spacial score (nSPS) is 10.9. The first-order chi connectivity index (χ1) is 13.1. The molecule has 0 fully saturated rings. The minimum absolute atomic E-state index is 0.249. The third kappa shape index (κ3) is 3.36. The molecule has 9 heteroatoms. The summed E-state index contributed by atoms with van der Waals surface area (Å²) in [6.45, 7) is 2.21. The highest BCUT2D eigenvalue weighted by atomic mass is 32.1. The molecule has 1 aromatic carbocycles. The molecule has 0 saturated heterocycles. The van der Waals surface area contributed by atoms with E-state index in [1.807, 2.05) is 42.6 Å². The summed E-state index contributed by atoms with van der Waals surface area (Å²) in [6, 6.07) is 11.2. The van der Waals surface area contributed by atoms with Gasteiger partial charge in [-0.05, 0) is 35.0 Å². The maximum Gasteiger partial charge on any atom is 0.368 e. The largest absolute Gasteiger partial charge is 0.473 e. The highest BCUT2D eigenvalue weighted by molar-refractivity contribution is 7.07. The first kappa shape index (κ1) is 17.1. The predicted molar refractivity (Wildman–Crippen MR) is 101 cm³/mol. The molecule has 136 valence electrons. The summed E-state index contributed by atoms with van der Waals surface area (Å²) in [5.41, 5.74) is 5.50. The number of pyridine rings is 1. The summed E-state index contributed by atoms with van der Waals surface area (Å²) in [5, 5.41) is 9.65. The van der Waals surface area contributed by atoms with Crippen LogP contribution in [0.4, 0.5) is 0 Å². The van der Waals surface area contributed by atoms with Gasteiger partial charge in [-0.2, -0.15) is 9.36 Å². The zero-order valence-corrected chi connectivity index (χ0v) is 15.6. The topological polar surface area (TPSA) is 87.7 Å². The van der Waals surface area contributed by atoms with Crippen molar-refractivity contribution >= 4 is 11.3 Å². The Morgan fingerprint density at radius 3 is 2.70 bits per heavy atom. The molecule has 0 aliphatic heterocycles. The smallest absolute Gasteiger partial charge is 0.368 e. The van der Waals surface area contributed by atoms with Crippen LogP contribution in [-0.4, -0.2) is 29.8 Å². The van der Waals surface area contributed by atoms with Gasteiger partial charge in [0.15, 0.2) is 0 Å². The van der Waals surface area contributed by atoms with E-state index in [0.29, 0.717) is 11.6 Å². The van der Waals surface area contributed by atoms with Crippen molar-refractivity contribution in [3.8, 4) is 23.0 Å². The number of aromatic nitrogens is 6. The van der Waals surface area contributed by atoms with Gasteiger partial charge in [0.1, 0.15) is 6.61 Å². The van der Waals surface area contributed by atoms with Gasteiger partial charge in [0.2, 0.25) is 5.88 Å². The van der Waals surface area contributed by atoms with Crippen molar-refractivity contribution < 1.29 is 4.74 Å². The molecule has 0 amide bonds. The Morgan fingerprint density at radius 2 is 1.96 bits per heavy atom. The Bertz CT molecular complexity index is 1130. The standard InChI is InChI=1S/C18H16N6O2S/c1-12-5-3-7-16(24-18(25)23(2)21-22-24)13(12)9-26-17-8-4-6-14(20-17)15-10-27-11-19-15/h3-8,10-11H,9H2,1-2H3. The van der Waals surface area contributed by atoms with E-state index in [-0.39, 0.29) is 12.3 Å². The summed E-state index contributed by atoms with van der Waals surface area (Å²) in [6.07, 6.45) is 0. The van der Waals surface area contributed by atoms with Crippen LogP contribution in [0.25, 0.3) is 17.1 Å². The van der Waals surface area contributed by atoms with Gasteiger partial charge < -0.3 is 4.74 Å². The van der Waals surface area contributed by atoms with Crippen LogP contribution in [0.3, 0.4) is 0 Å². The molecule has 27 heavy (non-hydrogen) atoms. The van der Waals surface area contributed by atoms with Gasteiger partial charge in [-0.3, -0.25) is 0 Å². The molecule has 4 aromatic rings. The second-order valence-electron chi connectivity index (χ2n) is 5.89. The van der Waals surface area contributed by atoms with Crippen molar-refractivity contribution in [1.29, 1.82) is 0 Å². The number of aryl methyl sites for hydroxylation is 2. The van der Waals surface area contributed by atoms with Crippen molar-refractivity contribution in [3.63, 3.8) is 0 Å². The lowest BCUT2D eigenvalue weighted by Gasteiger charge is -2.12. The molecule has 0 aliphatic rings. The molecule has 0 atom stereocenters. The van der Waals surface area contributed by atoms with E-state index in [9.17, 15) is 4.79 Å². The maximum absolute atomic E-state index is 12.2. The fraction of sp³-hybridized carbons (Fsp3) is 0.167. The highest BCUT2D eigenvalue weighted by Crippen LogP contribution is 2.22. The number of rotatable bonds is 5. The summed E-state index contributed by atoms with van der Waals surface area (Å²) < 4.78 is 8.37. The first-order valence-corrected chi connectivity index (χ1v) is 9.14. The molecule has 4 rings (SSSR count). The number of thiazole rings is 1. The number of hydrogen-bond donors (Lipinski definition) is 0. The van der Waals surface area contributed by atoms with Gasteiger partial charge in [-0.15, -0.1) is 11.3 Å². The van der Waals surface area contributed by atoms with Crippen LogP contribution in [0.2, 0.25) is 0 Å². The Morgan fingerprint density at radius 1 is 1.11 bits per heavy atom. The monoisotopic (exact) mass is 380 g/mol. The number of benzene rings is 1. The fourth-order valence-corrected chi connectivity index (χ4v) is 3.21. The summed E-state index contributed by atoms with van der Waals surface area (Å²) in [4.78, 5) is 21.0. The zero-order valence-electron chi connectivity index (χ0n) is 14.7. The molecule has 0 N–H and O–H groups in total. The second kappa shape index (κ2) is 7.12. The van der Waals surface area contributed by atoms with E-state index in [0.717, 1.165) is 22.5 Å². The number of ether oxygens (including phenoxy) is 1. The highest BCUT2D eigenvalue weighted by Gasteiger charge is 2.14. The molecule has 0 radical (unpaired) electrons. The lowest BCUT2D eigenvalue weighted by Crippen LogP contribution is -2.23. The maximum atomic E-state index is 12.2. The quantitative estimate of drug-likeness (QED) is 0.528. The van der Waals surface area contributed by atoms with E-state index in [1.54, 1.807) is 18.6 Å². The third-order valence-corrected chi connectivity index (χ3v) is 4.70. The number of nitrogens with zero attached hydrogens (tertiary/aromatic N) is 6. The van der Waals surface area contributed by atoms with Crippen LogP contribution in [-0.2, 0) is 13.7 Å². The van der Waals surface area contributed by atoms with Gasteiger partial charge in [-0.25, -0.2) is 14.8 Å². The van der Waals surface area contributed by atoms with E-state index < -0.39 is 0 Å². The number of hydrogen-bond acceptors (Lipinski definition) is 7. The van der Waals surface area contributed by atoms with Crippen LogP contribution in [0.15, 0.2) is 52.1 Å². The van der Waals surface area contributed by atoms with E-state index in [2.05, 4.69) is 20.4 Å². The van der Waals surface area contributed by atoms with Crippen LogP contribution < -0.4 is 10.4 Å². The lowest BCUT2D eigenvalue weighted by molar-refractivity contribution is 0.293. The van der Waals surface area contributed by atoms with Gasteiger partial charge in [0.05, 0.1) is 22.6 Å². The molecular weight excluding hydrogens is 364 g/mol. The molecule has 0 spiro atoms. The lowest BCUT2D eigenvalue weighted by atomic mass is 10.1. The third-order valence-electron chi connectivity index (χ3n) is 4.12. The fourth-order valence-electron chi connectivity index (χ4n) is 2.66. The molecule has 3 aromatic heterocycles. The molecule has 3 heterocycles. The van der Waals surface area contributed by atoms with Crippen LogP contribution in [0.1, 0.15) is 11.1 Å². The molecule has 8 nitrogen and oxygen atoms in total. The predicted octanol–water partition coefficient (Wildman–Crippen LogP) is 2.37. The van der Waals surface area contributed by atoms with Crippen molar-refractivity contribution in [2.75, 3.05) is 0 Å². The van der Waals surface area contributed by atoms with E-state index >= 15 is 0 Å². The van der Waals surface area contributed by atoms with Crippen molar-refractivity contribution in [2.24, 2.45) is 7.05 Å². The second-order valence-corrected chi connectivity index (χ2v) is 6.61. The van der Waals surface area contributed by atoms with Gasteiger partial charge in [0, 0.05) is 24.1 Å². The van der Waals surface area contributed by atoms with Crippen molar-refractivity contribution in [2.45, 2.75) is 13.5 Å². The Labute approximate surface area is 158 Å². The van der Waals surface area contributed by atoms with Crippen LogP contribution >= 0.6 is 11.3 Å². The van der Waals surface area contributed by atoms with E-state index in [1.165, 1.54) is 20.7 Å². The average molecular weight is 380 g/mol. The summed E-state index contributed by atoms with van der Waals surface area (Å²) in [7, 11) is 1.56. The molecule has 0 aliphatic carbocycles. The van der Waals surface area contributed by atoms with Crippen LogP contribution in [0, 0.1) is 6.92 Å². The van der Waals surface area contributed by atoms with Gasteiger partial charge in [-0.1, -0.05) is 18.2 Å². The molecule has 0 bridgehead atoms. The van der Waals surface area contributed by atoms with Crippen molar-refractivity contribution in [1.82, 2.24) is 29.8 Å². The van der Waals surface area contributed by atoms with Crippen molar-refractivity contribution in [3.05, 3.63) is 68.9 Å².